The normalized spacial score (nSPS) is 13.8. The van der Waals surface area contributed by atoms with E-state index in [1.165, 1.54) is 23.1 Å². The van der Waals surface area contributed by atoms with Gasteiger partial charge >= 0.3 is 0 Å². The molecule has 0 saturated heterocycles. The highest BCUT2D eigenvalue weighted by Crippen LogP contribution is 2.31. The van der Waals surface area contributed by atoms with E-state index in [2.05, 4.69) is 65.1 Å². The molecule has 1 unspecified atom stereocenters. The van der Waals surface area contributed by atoms with Crippen LogP contribution in [0.5, 0.6) is 0 Å². The largest absolute Gasteiger partial charge is 0.315 e. The van der Waals surface area contributed by atoms with Crippen molar-refractivity contribution in [2.24, 2.45) is 0 Å². The molecule has 1 heteroatoms. The highest BCUT2D eigenvalue weighted by Gasteiger charge is 2.24. The van der Waals surface area contributed by atoms with E-state index in [1.807, 2.05) is 0 Å². The van der Waals surface area contributed by atoms with Gasteiger partial charge in [-0.2, -0.15) is 0 Å². The van der Waals surface area contributed by atoms with Crippen LogP contribution >= 0.6 is 0 Å². The molecular weight excluding hydrogens is 206 g/mol. The maximum Gasteiger partial charge on any atom is 0.00468 e. The lowest BCUT2D eigenvalue weighted by Gasteiger charge is -2.31. The second kappa shape index (κ2) is 5.68. The molecule has 0 bridgehead atoms. The second-order valence-electron chi connectivity index (χ2n) is 5.79. The van der Waals surface area contributed by atoms with Crippen LogP contribution in [0.25, 0.3) is 0 Å². The van der Waals surface area contributed by atoms with Gasteiger partial charge in [0.2, 0.25) is 0 Å². The molecule has 96 valence electrons. The molecule has 0 amide bonds. The minimum absolute atomic E-state index is 0.234. The molecule has 0 fully saturated rings. The van der Waals surface area contributed by atoms with E-state index in [1.54, 1.807) is 0 Å². The van der Waals surface area contributed by atoms with E-state index in [-0.39, 0.29) is 5.41 Å². The Morgan fingerprint density at radius 2 is 1.88 bits per heavy atom. The first kappa shape index (κ1) is 14.2. The monoisotopic (exact) mass is 233 g/mol. The quantitative estimate of drug-likeness (QED) is 0.811. The van der Waals surface area contributed by atoms with Gasteiger partial charge in [-0.1, -0.05) is 39.0 Å². The van der Waals surface area contributed by atoms with E-state index >= 15 is 0 Å². The van der Waals surface area contributed by atoms with Crippen LogP contribution in [0.15, 0.2) is 18.2 Å². The number of aryl methyl sites for hydroxylation is 1. The van der Waals surface area contributed by atoms with E-state index in [9.17, 15) is 0 Å². The van der Waals surface area contributed by atoms with Crippen molar-refractivity contribution in [3.05, 3.63) is 34.9 Å². The first-order valence-corrected chi connectivity index (χ1v) is 6.68. The molecule has 1 atom stereocenters. The van der Waals surface area contributed by atoms with Gasteiger partial charge in [0.05, 0.1) is 0 Å². The summed E-state index contributed by atoms with van der Waals surface area (Å²) in [6.07, 6.45) is 1.17. The van der Waals surface area contributed by atoms with Crippen molar-refractivity contribution in [3.63, 3.8) is 0 Å². The lowest BCUT2D eigenvalue weighted by atomic mass is 9.76. The van der Waals surface area contributed by atoms with E-state index in [0.29, 0.717) is 6.04 Å². The zero-order valence-electron chi connectivity index (χ0n) is 12.2. The first-order valence-electron chi connectivity index (χ1n) is 6.68. The zero-order valence-corrected chi connectivity index (χ0v) is 12.2. The predicted octanol–water partition coefficient (Wildman–Crippen LogP) is 3.97. The van der Waals surface area contributed by atoms with Crippen LogP contribution in [0.2, 0.25) is 0 Å². The molecule has 0 aliphatic heterocycles. The summed E-state index contributed by atoms with van der Waals surface area (Å²) in [7, 11) is 0. The number of hydrogen-bond donors (Lipinski definition) is 1. The van der Waals surface area contributed by atoms with Crippen molar-refractivity contribution in [1.82, 2.24) is 5.32 Å². The first-order chi connectivity index (χ1) is 7.88. The smallest absolute Gasteiger partial charge is 0.00468 e. The Morgan fingerprint density at radius 1 is 1.24 bits per heavy atom. The molecule has 1 aromatic carbocycles. The van der Waals surface area contributed by atoms with Crippen molar-refractivity contribution >= 4 is 0 Å². The molecule has 1 rings (SSSR count). The molecule has 0 aromatic heterocycles. The maximum atomic E-state index is 3.51. The Labute approximate surface area is 107 Å². The summed E-state index contributed by atoms with van der Waals surface area (Å²) in [5.41, 5.74) is 4.56. The van der Waals surface area contributed by atoms with Crippen LogP contribution < -0.4 is 5.32 Å². The standard InChI is InChI=1S/C16H27N/c1-7-17-13(3)11-16(5,6)15-10-8-9-12(2)14(15)4/h8-10,13,17H,7,11H2,1-6H3. The average Bonchev–Trinajstić information content (AvgIpc) is 2.21. The third-order valence-electron chi connectivity index (χ3n) is 3.70. The third-order valence-corrected chi connectivity index (χ3v) is 3.70. The number of nitrogens with one attached hydrogen (secondary N) is 1. The summed E-state index contributed by atoms with van der Waals surface area (Å²) < 4.78 is 0. The maximum absolute atomic E-state index is 3.51. The molecule has 17 heavy (non-hydrogen) atoms. The fourth-order valence-electron chi connectivity index (χ4n) is 2.78. The fourth-order valence-corrected chi connectivity index (χ4v) is 2.78. The molecule has 1 nitrogen and oxygen atoms in total. The van der Waals surface area contributed by atoms with Crippen LogP contribution in [-0.2, 0) is 5.41 Å². The van der Waals surface area contributed by atoms with Crippen molar-refractivity contribution < 1.29 is 0 Å². The summed E-state index contributed by atoms with van der Waals surface area (Å²) >= 11 is 0. The van der Waals surface area contributed by atoms with Crippen molar-refractivity contribution in [2.75, 3.05) is 6.54 Å². The number of benzene rings is 1. The Balaban J connectivity index is 2.92. The molecule has 0 saturated carbocycles. The van der Waals surface area contributed by atoms with Gasteiger partial charge in [0, 0.05) is 6.04 Å². The van der Waals surface area contributed by atoms with Crippen LogP contribution in [0.4, 0.5) is 0 Å². The number of hydrogen-bond acceptors (Lipinski definition) is 1. The lowest BCUT2D eigenvalue weighted by molar-refractivity contribution is 0.393. The Bertz CT molecular complexity index is 366. The molecule has 0 aliphatic carbocycles. The number of rotatable bonds is 5. The van der Waals surface area contributed by atoms with Crippen LogP contribution in [0.3, 0.4) is 0 Å². The van der Waals surface area contributed by atoms with Gasteiger partial charge in [-0.15, -0.1) is 0 Å². The van der Waals surface area contributed by atoms with Gasteiger partial charge in [0.25, 0.3) is 0 Å². The molecule has 1 N–H and O–H groups in total. The Kier molecular flexibility index (Phi) is 4.76. The van der Waals surface area contributed by atoms with Crippen molar-refractivity contribution in [1.29, 1.82) is 0 Å². The topological polar surface area (TPSA) is 12.0 Å². The molecule has 0 radical (unpaired) electrons. The molecular formula is C16H27N. The summed E-state index contributed by atoms with van der Waals surface area (Å²) in [5, 5.41) is 3.51. The van der Waals surface area contributed by atoms with E-state index < -0.39 is 0 Å². The third kappa shape index (κ3) is 3.57. The van der Waals surface area contributed by atoms with Crippen molar-refractivity contribution in [3.8, 4) is 0 Å². The van der Waals surface area contributed by atoms with Crippen LogP contribution in [-0.4, -0.2) is 12.6 Å². The molecule has 0 heterocycles. The second-order valence-corrected chi connectivity index (χ2v) is 5.79. The van der Waals surface area contributed by atoms with Gasteiger partial charge in [0.15, 0.2) is 0 Å². The van der Waals surface area contributed by atoms with E-state index in [4.69, 9.17) is 0 Å². The minimum Gasteiger partial charge on any atom is -0.315 e. The Morgan fingerprint density at radius 3 is 2.47 bits per heavy atom. The Hall–Kier alpha value is -0.820. The van der Waals surface area contributed by atoms with Crippen LogP contribution in [0, 0.1) is 13.8 Å². The van der Waals surface area contributed by atoms with Gasteiger partial charge in [-0.05, 0) is 55.8 Å². The molecule has 1 aromatic rings. The van der Waals surface area contributed by atoms with Gasteiger partial charge < -0.3 is 5.32 Å². The summed E-state index contributed by atoms with van der Waals surface area (Å²) in [4.78, 5) is 0. The summed E-state index contributed by atoms with van der Waals surface area (Å²) in [6.45, 7) is 14.6. The highest BCUT2D eigenvalue weighted by molar-refractivity contribution is 5.37. The van der Waals surface area contributed by atoms with E-state index in [0.717, 1.165) is 6.54 Å². The SMILES string of the molecule is CCNC(C)CC(C)(C)c1cccc(C)c1C. The highest BCUT2D eigenvalue weighted by atomic mass is 14.9. The minimum atomic E-state index is 0.234. The van der Waals surface area contributed by atoms with Gasteiger partial charge in [0.1, 0.15) is 0 Å². The summed E-state index contributed by atoms with van der Waals surface area (Å²) in [6, 6.07) is 7.22. The lowest BCUT2D eigenvalue weighted by Crippen LogP contribution is -2.33. The molecule has 0 aliphatic rings. The average molecular weight is 233 g/mol. The predicted molar refractivity (Wildman–Crippen MR) is 76.7 cm³/mol. The van der Waals surface area contributed by atoms with Gasteiger partial charge in [-0.3, -0.25) is 0 Å². The zero-order chi connectivity index (χ0) is 13.1. The fraction of sp³-hybridized carbons (Fsp3) is 0.625. The van der Waals surface area contributed by atoms with Gasteiger partial charge in [-0.25, -0.2) is 0 Å². The van der Waals surface area contributed by atoms with Crippen molar-refractivity contribution in [2.45, 2.75) is 59.4 Å². The molecule has 0 spiro atoms. The van der Waals surface area contributed by atoms with Crippen LogP contribution in [0.1, 0.15) is 50.8 Å². The summed E-state index contributed by atoms with van der Waals surface area (Å²) in [5.74, 6) is 0.